The molecule has 0 fully saturated rings. The summed E-state index contributed by atoms with van der Waals surface area (Å²) in [5, 5.41) is 6.19. The van der Waals surface area contributed by atoms with E-state index in [9.17, 15) is 9.00 Å². The fourth-order valence-electron chi connectivity index (χ4n) is 1.32. The summed E-state index contributed by atoms with van der Waals surface area (Å²) < 4.78 is 16.3. The van der Waals surface area contributed by atoms with E-state index in [4.69, 9.17) is 4.74 Å². The van der Waals surface area contributed by atoms with Crippen molar-refractivity contribution in [3.05, 3.63) is 0 Å². The Kier molecular flexibility index (Phi) is 8.25. The van der Waals surface area contributed by atoms with E-state index in [1.807, 2.05) is 34.6 Å². The van der Waals surface area contributed by atoms with E-state index in [1.54, 1.807) is 6.26 Å². The molecule has 0 aliphatic heterocycles. The average molecular weight is 292 g/mol. The average Bonchev–Trinajstić information content (AvgIpc) is 2.23. The first-order valence-corrected chi connectivity index (χ1v) is 8.26. The Morgan fingerprint density at radius 3 is 2.37 bits per heavy atom. The molecule has 2 N–H and O–H groups in total. The Hall–Kier alpha value is -0.620. The maximum Gasteiger partial charge on any atom is 0.407 e. The Morgan fingerprint density at radius 1 is 1.32 bits per heavy atom. The van der Waals surface area contributed by atoms with Gasteiger partial charge in [0.15, 0.2) is 0 Å². The van der Waals surface area contributed by atoms with Crippen molar-refractivity contribution in [2.45, 2.75) is 57.9 Å². The van der Waals surface area contributed by atoms with Gasteiger partial charge in [0.25, 0.3) is 0 Å². The van der Waals surface area contributed by atoms with Gasteiger partial charge < -0.3 is 15.4 Å². The number of hydrogen-bond acceptors (Lipinski definition) is 4. The number of carbonyl (C=O) groups is 1. The standard InChI is InChI=1S/C13H28N2O3S/c1-10(14-8-7-11(2)19(6)17)9-15-12(16)18-13(3,4)5/h10-11,14H,7-9H2,1-6H3,(H,15,16). The molecule has 0 aliphatic carbocycles. The molecule has 0 aromatic carbocycles. The summed E-state index contributed by atoms with van der Waals surface area (Å²) in [7, 11) is -0.777. The smallest absolute Gasteiger partial charge is 0.407 e. The number of ether oxygens (including phenoxy) is 1. The first-order chi connectivity index (χ1) is 8.61. The van der Waals surface area contributed by atoms with Gasteiger partial charge in [-0.05, 0) is 40.7 Å². The molecular weight excluding hydrogens is 264 g/mol. The first kappa shape index (κ1) is 18.4. The molecule has 0 saturated carbocycles. The van der Waals surface area contributed by atoms with Crippen LogP contribution in [0.4, 0.5) is 4.79 Å². The molecule has 3 unspecified atom stereocenters. The summed E-state index contributed by atoms with van der Waals surface area (Å²) in [5.74, 6) is 0. The zero-order valence-corrected chi connectivity index (χ0v) is 13.7. The number of alkyl carbamates (subject to hydrolysis) is 1. The van der Waals surface area contributed by atoms with Crippen LogP contribution in [0, 0.1) is 0 Å². The summed E-state index contributed by atoms with van der Waals surface area (Å²) in [5.41, 5.74) is -0.471. The normalized spacial score (nSPS) is 16.5. The third kappa shape index (κ3) is 10.9. The molecule has 0 spiro atoms. The third-order valence-electron chi connectivity index (χ3n) is 2.56. The van der Waals surface area contributed by atoms with Crippen molar-refractivity contribution in [2.75, 3.05) is 19.3 Å². The van der Waals surface area contributed by atoms with E-state index in [1.165, 1.54) is 0 Å². The molecule has 3 atom stereocenters. The molecule has 114 valence electrons. The van der Waals surface area contributed by atoms with Gasteiger partial charge in [0, 0.05) is 34.9 Å². The van der Waals surface area contributed by atoms with Gasteiger partial charge in [-0.3, -0.25) is 4.21 Å². The molecule has 0 aromatic heterocycles. The maximum absolute atomic E-state index is 11.4. The molecular formula is C13H28N2O3S. The molecule has 19 heavy (non-hydrogen) atoms. The number of rotatable bonds is 7. The van der Waals surface area contributed by atoms with Gasteiger partial charge in [-0.25, -0.2) is 4.79 Å². The monoisotopic (exact) mass is 292 g/mol. The van der Waals surface area contributed by atoms with Crippen LogP contribution in [0.3, 0.4) is 0 Å². The summed E-state index contributed by atoms with van der Waals surface area (Å²) in [6.45, 7) is 10.8. The summed E-state index contributed by atoms with van der Waals surface area (Å²) in [6.07, 6.45) is 2.18. The largest absolute Gasteiger partial charge is 0.444 e. The minimum Gasteiger partial charge on any atom is -0.444 e. The number of hydrogen-bond donors (Lipinski definition) is 2. The Morgan fingerprint density at radius 2 is 1.89 bits per heavy atom. The van der Waals surface area contributed by atoms with Crippen molar-refractivity contribution < 1.29 is 13.7 Å². The molecule has 0 heterocycles. The minimum atomic E-state index is -0.777. The van der Waals surface area contributed by atoms with Crippen LogP contribution >= 0.6 is 0 Å². The zero-order valence-electron chi connectivity index (χ0n) is 12.9. The van der Waals surface area contributed by atoms with Gasteiger partial charge in [-0.1, -0.05) is 6.92 Å². The van der Waals surface area contributed by atoms with Crippen LogP contribution in [0.25, 0.3) is 0 Å². The van der Waals surface area contributed by atoms with Gasteiger partial charge in [0.05, 0.1) is 0 Å². The Balaban J connectivity index is 3.73. The summed E-state index contributed by atoms with van der Waals surface area (Å²) in [6, 6.07) is 0.157. The Bertz CT molecular complexity index is 303. The lowest BCUT2D eigenvalue weighted by Gasteiger charge is -2.21. The number of nitrogens with one attached hydrogen (secondary N) is 2. The number of amides is 1. The minimum absolute atomic E-state index is 0.157. The van der Waals surface area contributed by atoms with Gasteiger partial charge >= 0.3 is 6.09 Å². The fraction of sp³-hybridized carbons (Fsp3) is 0.923. The quantitative estimate of drug-likeness (QED) is 0.748. The van der Waals surface area contributed by atoms with Gasteiger partial charge in [-0.2, -0.15) is 0 Å². The highest BCUT2D eigenvalue weighted by molar-refractivity contribution is 7.84. The van der Waals surface area contributed by atoms with Crippen molar-refractivity contribution in [1.29, 1.82) is 0 Å². The molecule has 5 nitrogen and oxygen atoms in total. The van der Waals surface area contributed by atoms with Gasteiger partial charge in [0.2, 0.25) is 0 Å². The van der Waals surface area contributed by atoms with E-state index in [-0.39, 0.29) is 11.3 Å². The van der Waals surface area contributed by atoms with Gasteiger partial charge in [0.1, 0.15) is 5.60 Å². The molecule has 0 aliphatic rings. The second-order valence-corrected chi connectivity index (χ2v) is 7.64. The van der Waals surface area contributed by atoms with E-state index < -0.39 is 22.5 Å². The lowest BCUT2D eigenvalue weighted by molar-refractivity contribution is 0.0523. The highest BCUT2D eigenvalue weighted by Gasteiger charge is 2.16. The SMILES string of the molecule is CC(CNC(=O)OC(C)(C)C)NCCC(C)S(C)=O. The number of carbonyl (C=O) groups excluding carboxylic acids is 1. The molecule has 0 aromatic rings. The van der Waals surface area contributed by atoms with Gasteiger partial charge in [-0.15, -0.1) is 0 Å². The van der Waals surface area contributed by atoms with Crippen LogP contribution in [-0.2, 0) is 15.5 Å². The predicted octanol–water partition coefficient (Wildman–Crippen LogP) is 1.65. The summed E-state index contributed by atoms with van der Waals surface area (Å²) >= 11 is 0. The molecule has 6 heteroatoms. The lowest BCUT2D eigenvalue weighted by Crippen LogP contribution is -2.41. The van der Waals surface area contributed by atoms with E-state index in [2.05, 4.69) is 10.6 Å². The predicted molar refractivity (Wildman–Crippen MR) is 79.8 cm³/mol. The van der Waals surface area contributed by atoms with Crippen LogP contribution in [0.15, 0.2) is 0 Å². The first-order valence-electron chi connectivity index (χ1n) is 6.64. The lowest BCUT2D eigenvalue weighted by atomic mass is 10.2. The van der Waals surface area contributed by atoms with Crippen molar-refractivity contribution >= 4 is 16.9 Å². The van der Waals surface area contributed by atoms with E-state index in [0.717, 1.165) is 13.0 Å². The molecule has 1 amide bonds. The van der Waals surface area contributed by atoms with Crippen LogP contribution in [-0.4, -0.2) is 46.5 Å². The van der Waals surface area contributed by atoms with Crippen molar-refractivity contribution in [2.24, 2.45) is 0 Å². The van der Waals surface area contributed by atoms with E-state index >= 15 is 0 Å². The highest BCUT2D eigenvalue weighted by atomic mass is 32.2. The maximum atomic E-state index is 11.4. The summed E-state index contributed by atoms with van der Waals surface area (Å²) in [4.78, 5) is 11.4. The topological polar surface area (TPSA) is 67.4 Å². The zero-order chi connectivity index (χ0) is 15.1. The van der Waals surface area contributed by atoms with Crippen LogP contribution in [0.2, 0.25) is 0 Å². The molecule has 0 bridgehead atoms. The van der Waals surface area contributed by atoms with Crippen molar-refractivity contribution in [3.63, 3.8) is 0 Å². The molecule has 0 radical (unpaired) electrons. The van der Waals surface area contributed by atoms with Crippen molar-refractivity contribution in [1.82, 2.24) is 10.6 Å². The van der Waals surface area contributed by atoms with Crippen molar-refractivity contribution in [3.8, 4) is 0 Å². The van der Waals surface area contributed by atoms with Crippen LogP contribution < -0.4 is 10.6 Å². The third-order valence-corrected chi connectivity index (χ3v) is 3.93. The fourth-order valence-corrected chi connectivity index (χ4v) is 1.77. The van der Waals surface area contributed by atoms with Crippen LogP contribution in [0.1, 0.15) is 41.0 Å². The molecule has 0 saturated heterocycles. The molecule has 0 rings (SSSR count). The van der Waals surface area contributed by atoms with Crippen LogP contribution in [0.5, 0.6) is 0 Å². The Labute approximate surface area is 119 Å². The second kappa shape index (κ2) is 8.53. The van der Waals surface area contributed by atoms with E-state index in [0.29, 0.717) is 6.54 Å². The second-order valence-electron chi connectivity index (χ2n) is 5.84. The highest BCUT2D eigenvalue weighted by Crippen LogP contribution is 2.06.